The highest BCUT2D eigenvalue weighted by Crippen LogP contribution is 2.24. The van der Waals surface area contributed by atoms with Crippen molar-refractivity contribution in [3.63, 3.8) is 0 Å². The van der Waals surface area contributed by atoms with Crippen molar-refractivity contribution in [2.75, 3.05) is 0 Å². The van der Waals surface area contributed by atoms with E-state index in [4.69, 9.17) is 9.47 Å². The van der Waals surface area contributed by atoms with Crippen molar-refractivity contribution in [1.29, 1.82) is 0 Å². The SMILES string of the molecule is CC1CC(OC(=O)c2cc([N+](=O)[O-])ccc2F)CC(C)O1. The van der Waals surface area contributed by atoms with E-state index in [0.29, 0.717) is 12.8 Å². The van der Waals surface area contributed by atoms with Crippen LogP contribution in [-0.2, 0) is 9.47 Å². The van der Waals surface area contributed by atoms with E-state index in [1.807, 2.05) is 13.8 Å². The van der Waals surface area contributed by atoms with Crippen LogP contribution >= 0.6 is 0 Å². The summed E-state index contributed by atoms with van der Waals surface area (Å²) in [7, 11) is 0. The third-order valence-corrected chi connectivity index (χ3v) is 3.31. The lowest BCUT2D eigenvalue weighted by Crippen LogP contribution is -2.35. The zero-order valence-corrected chi connectivity index (χ0v) is 11.7. The standard InChI is InChI=1S/C14H16FNO5/c1-8-5-11(6-9(2)20-8)21-14(17)12-7-10(16(18)19)3-4-13(12)15/h3-4,7-9,11H,5-6H2,1-2H3. The molecule has 1 aromatic carbocycles. The van der Waals surface area contributed by atoms with Crippen molar-refractivity contribution in [3.05, 3.63) is 39.7 Å². The van der Waals surface area contributed by atoms with Gasteiger partial charge in [0.1, 0.15) is 17.5 Å². The van der Waals surface area contributed by atoms with Gasteiger partial charge in [0.2, 0.25) is 0 Å². The van der Waals surface area contributed by atoms with E-state index < -0.39 is 22.3 Å². The maximum Gasteiger partial charge on any atom is 0.341 e. The fourth-order valence-corrected chi connectivity index (χ4v) is 2.44. The van der Waals surface area contributed by atoms with Gasteiger partial charge in [0.25, 0.3) is 5.69 Å². The first-order chi connectivity index (χ1) is 9.86. The van der Waals surface area contributed by atoms with Crippen molar-refractivity contribution < 1.29 is 23.6 Å². The average molecular weight is 297 g/mol. The smallest absolute Gasteiger partial charge is 0.341 e. The van der Waals surface area contributed by atoms with Gasteiger partial charge in [-0.15, -0.1) is 0 Å². The summed E-state index contributed by atoms with van der Waals surface area (Å²) >= 11 is 0. The van der Waals surface area contributed by atoms with E-state index in [1.165, 1.54) is 0 Å². The molecule has 0 amide bonds. The average Bonchev–Trinajstić information content (AvgIpc) is 2.37. The lowest BCUT2D eigenvalue weighted by Gasteiger charge is -2.31. The normalized spacial score (nSPS) is 25.4. The van der Waals surface area contributed by atoms with Crippen LogP contribution in [0.3, 0.4) is 0 Å². The minimum absolute atomic E-state index is 0.0542. The number of nitro groups is 1. The number of esters is 1. The molecule has 6 nitrogen and oxygen atoms in total. The van der Waals surface area contributed by atoms with Crippen molar-refractivity contribution in [1.82, 2.24) is 0 Å². The Morgan fingerprint density at radius 2 is 2.00 bits per heavy atom. The molecule has 0 spiro atoms. The molecule has 0 aromatic heterocycles. The maximum absolute atomic E-state index is 13.6. The Labute approximate surface area is 121 Å². The number of ether oxygens (including phenoxy) is 2. The molecule has 1 saturated heterocycles. The highest BCUT2D eigenvalue weighted by Gasteiger charge is 2.28. The second kappa shape index (κ2) is 6.17. The Bertz CT molecular complexity index is 552. The highest BCUT2D eigenvalue weighted by molar-refractivity contribution is 5.90. The Hall–Kier alpha value is -2.02. The van der Waals surface area contributed by atoms with Crippen LogP contribution < -0.4 is 0 Å². The molecule has 1 aliphatic heterocycles. The summed E-state index contributed by atoms with van der Waals surface area (Å²) < 4.78 is 24.4. The summed E-state index contributed by atoms with van der Waals surface area (Å²) in [5, 5.41) is 10.7. The molecule has 0 N–H and O–H groups in total. The second-order valence-corrected chi connectivity index (χ2v) is 5.18. The van der Waals surface area contributed by atoms with Crippen molar-refractivity contribution >= 4 is 11.7 Å². The minimum Gasteiger partial charge on any atom is -0.458 e. The number of nitro benzene ring substituents is 1. The van der Waals surface area contributed by atoms with Crippen LogP contribution in [0.15, 0.2) is 18.2 Å². The molecule has 21 heavy (non-hydrogen) atoms. The first-order valence-electron chi connectivity index (χ1n) is 6.67. The fraction of sp³-hybridized carbons (Fsp3) is 0.500. The largest absolute Gasteiger partial charge is 0.458 e. The molecule has 2 rings (SSSR count). The van der Waals surface area contributed by atoms with Crippen LogP contribution in [0.2, 0.25) is 0 Å². The number of rotatable bonds is 3. The van der Waals surface area contributed by atoms with Gasteiger partial charge in [-0.25, -0.2) is 9.18 Å². The van der Waals surface area contributed by atoms with Gasteiger partial charge in [-0.2, -0.15) is 0 Å². The van der Waals surface area contributed by atoms with E-state index in [9.17, 15) is 19.3 Å². The second-order valence-electron chi connectivity index (χ2n) is 5.18. The predicted molar refractivity (Wildman–Crippen MR) is 71.5 cm³/mol. The van der Waals surface area contributed by atoms with Gasteiger partial charge in [0.15, 0.2) is 0 Å². The van der Waals surface area contributed by atoms with Crippen molar-refractivity contribution in [3.8, 4) is 0 Å². The van der Waals surface area contributed by atoms with E-state index >= 15 is 0 Å². The van der Waals surface area contributed by atoms with Gasteiger partial charge >= 0.3 is 5.97 Å². The van der Waals surface area contributed by atoms with Crippen LogP contribution in [-0.4, -0.2) is 29.2 Å². The molecular weight excluding hydrogens is 281 g/mol. The zero-order valence-electron chi connectivity index (χ0n) is 11.7. The molecule has 1 aliphatic rings. The molecule has 7 heteroatoms. The molecule has 2 unspecified atom stereocenters. The molecular formula is C14H16FNO5. The Kier molecular flexibility index (Phi) is 4.52. The number of non-ortho nitro benzene ring substituents is 1. The van der Waals surface area contributed by atoms with Crippen LogP contribution in [0.25, 0.3) is 0 Å². The van der Waals surface area contributed by atoms with Crippen LogP contribution in [0.5, 0.6) is 0 Å². The van der Waals surface area contributed by atoms with Gasteiger partial charge < -0.3 is 9.47 Å². The van der Waals surface area contributed by atoms with Gasteiger partial charge in [0.05, 0.1) is 17.1 Å². The molecule has 114 valence electrons. The number of carbonyl (C=O) groups excluding carboxylic acids is 1. The summed E-state index contributed by atoms with van der Waals surface area (Å²) in [5.41, 5.74) is -0.770. The van der Waals surface area contributed by atoms with Gasteiger partial charge in [-0.1, -0.05) is 0 Å². The number of benzene rings is 1. The van der Waals surface area contributed by atoms with Crippen LogP contribution in [0.4, 0.5) is 10.1 Å². The lowest BCUT2D eigenvalue weighted by atomic mass is 10.0. The summed E-state index contributed by atoms with van der Waals surface area (Å²) in [6, 6.07) is 2.79. The topological polar surface area (TPSA) is 78.7 Å². The van der Waals surface area contributed by atoms with Gasteiger partial charge in [-0.05, 0) is 19.9 Å². The number of nitrogens with zero attached hydrogens (tertiary/aromatic N) is 1. The Morgan fingerprint density at radius 1 is 1.38 bits per heavy atom. The number of hydrogen-bond acceptors (Lipinski definition) is 5. The molecule has 0 radical (unpaired) electrons. The maximum atomic E-state index is 13.6. The quantitative estimate of drug-likeness (QED) is 0.487. The first kappa shape index (κ1) is 15.4. The Morgan fingerprint density at radius 3 is 2.57 bits per heavy atom. The molecule has 2 atom stereocenters. The molecule has 1 heterocycles. The van der Waals surface area contributed by atoms with Gasteiger partial charge in [0, 0.05) is 25.0 Å². The van der Waals surface area contributed by atoms with E-state index in [0.717, 1.165) is 18.2 Å². The predicted octanol–water partition coefficient (Wildman–Crippen LogP) is 2.85. The summed E-state index contributed by atoms with van der Waals surface area (Å²) in [4.78, 5) is 22.0. The summed E-state index contributed by atoms with van der Waals surface area (Å²) in [6.07, 6.45) is 0.553. The van der Waals surface area contributed by atoms with Crippen molar-refractivity contribution in [2.45, 2.75) is 45.0 Å². The number of carbonyl (C=O) groups is 1. The van der Waals surface area contributed by atoms with Gasteiger partial charge in [-0.3, -0.25) is 10.1 Å². The Balaban J connectivity index is 2.13. The third-order valence-electron chi connectivity index (χ3n) is 3.31. The van der Waals surface area contributed by atoms with E-state index in [-0.39, 0.29) is 24.0 Å². The van der Waals surface area contributed by atoms with Crippen molar-refractivity contribution in [2.24, 2.45) is 0 Å². The molecule has 1 aromatic rings. The molecule has 1 fully saturated rings. The first-order valence-corrected chi connectivity index (χ1v) is 6.67. The monoisotopic (exact) mass is 297 g/mol. The number of hydrogen-bond donors (Lipinski definition) is 0. The summed E-state index contributed by atoms with van der Waals surface area (Å²) in [6.45, 7) is 3.73. The molecule has 0 saturated carbocycles. The van der Waals surface area contributed by atoms with E-state index in [2.05, 4.69) is 0 Å². The zero-order chi connectivity index (χ0) is 15.6. The summed E-state index contributed by atoms with van der Waals surface area (Å²) in [5.74, 6) is -1.72. The minimum atomic E-state index is -0.887. The fourth-order valence-electron chi connectivity index (χ4n) is 2.44. The highest BCUT2D eigenvalue weighted by atomic mass is 19.1. The van der Waals surface area contributed by atoms with Crippen LogP contribution in [0.1, 0.15) is 37.0 Å². The molecule has 0 aliphatic carbocycles. The van der Waals surface area contributed by atoms with Crippen LogP contribution in [0, 0.1) is 15.9 Å². The number of halogens is 1. The third kappa shape index (κ3) is 3.75. The lowest BCUT2D eigenvalue weighted by molar-refractivity contribution is -0.384. The van der Waals surface area contributed by atoms with E-state index in [1.54, 1.807) is 0 Å². The molecule has 0 bridgehead atoms.